The Hall–Kier alpha value is -3.45. The van der Waals surface area contributed by atoms with Crippen LogP contribution in [0.15, 0.2) is 60.8 Å². The van der Waals surface area contributed by atoms with E-state index in [0.29, 0.717) is 17.2 Å². The first kappa shape index (κ1) is 20.5. The summed E-state index contributed by atoms with van der Waals surface area (Å²) in [5.74, 6) is 1.04. The number of benzene rings is 2. The van der Waals surface area contributed by atoms with Gasteiger partial charge in [0.15, 0.2) is 0 Å². The van der Waals surface area contributed by atoms with Gasteiger partial charge in [0.2, 0.25) is 0 Å². The first-order valence-corrected chi connectivity index (χ1v) is 11.6. The maximum absolute atomic E-state index is 11.8. The van der Waals surface area contributed by atoms with Crippen LogP contribution in [0, 0.1) is 0 Å². The summed E-state index contributed by atoms with van der Waals surface area (Å²) in [4.78, 5) is 23.2. The number of hydrogen-bond acceptors (Lipinski definition) is 6. The SMILES string of the molecule is CNC(=O)c1cc(Oc2ccc3nc(Cc4ccccc4N4CCCC4)sc3c2)ccn1. The topological polar surface area (TPSA) is 67.3 Å². The Morgan fingerprint density at radius 2 is 1.91 bits per heavy atom. The minimum Gasteiger partial charge on any atom is -0.457 e. The monoisotopic (exact) mass is 444 g/mol. The van der Waals surface area contributed by atoms with Crippen molar-refractivity contribution in [3.63, 3.8) is 0 Å². The highest BCUT2D eigenvalue weighted by atomic mass is 32.1. The number of aromatic nitrogens is 2. The minimum absolute atomic E-state index is 0.243. The van der Waals surface area contributed by atoms with Gasteiger partial charge in [0.1, 0.15) is 17.2 Å². The molecule has 0 atom stereocenters. The van der Waals surface area contributed by atoms with E-state index < -0.39 is 0 Å². The Kier molecular flexibility index (Phi) is 5.73. The number of carbonyl (C=O) groups excluding carboxylic acids is 1. The maximum atomic E-state index is 11.8. The average Bonchev–Trinajstić information content (AvgIpc) is 3.49. The molecular weight excluding hydrogens is 420 g/mol. The van der Waals surface area contributed by atoms with Crippen LogP contribution in [-0.4, -0.2) is 36.0 Å². The first-order valence-electron chi connectivity index (χ1n) is 10.8. The number of nitrogens with zero attached hydrogens (tertiary/aromatic N) is 3. The standard InChI is InChI=1S/C25H24N4O2S/c1-26-25(30)21-15-19(10-11-27-21)31-18-8-9-20-23(16-18)32-24(28-20)14-17-6-2-3-7-22(17)29-12-4-5-13-29/h2-3,6-11,15-16H,4-5,12-14H2,1H3,(H,26,30). The largest absolute Gasteiger partial charge is 0.457 e. The van der Waals surface area contributed by atoms with E-state index in [-0.39, 0.29) is 5.91 Å². The molecule has 5 rings (SSSR count). The lowest BCUT2D eigenvalue weighted by Gasteiger charge is -2.20. The quantitative estimate of drug-likeness (QED) is 0.452. The first-order chi connectivity index (χ1) is 15.7. The second-order valence-electron chi connectivity index (χ2n) is 7.79. The van der Waals surface area contributed by atoms with Crippen molar-refractivity contribution in [1.29, 1.82) is 0 Å². The molecule has 0 radical (unpaired) electrons. The van der Waals surface area contributed by atoms with Gasteiger partial charge in [-0.1, -0.05) is 18.2 Å². The molecule has 2 aromatic heterocycles. The van der Waals surface area contributed by atoms with Gasteiger partial charge >= 0.3 is 0 Å². The van der Waals surface area contributed by atoms with Crippen molar-refractivity contribution in [1.82, 2.24) is 15.3 Å². The highest BCUT2D eigenvalue weighted by Crippen LogP contribution is 2.32. The summed E-state index contributed by atoms with van der Waals surface area (Å²) in [6, 6.07) is 17.9. The van der Waals surface area contributed by atoms with E-state index in [0.717, 1.165) is 34.7 Å². The van der Waals surface area contributed by atoms with Gasteiger partial charge in [-0.2, -0.15) is 0 Å². The van der Waals surface area contributed by atoms with E-state index in [2.05, 4.69) is 39.5 Å². The van der Waals surface area contributed by atoms with Crippen molar-refractivity contribution in [2.75, 3.05) is 25.0 Å². The highest BCUT2D eigenvalue weighted by Gasteiger charge is 2.16. The number of ether oxygens (including phenoxy) is 1. The summed E-state index contributed by atoms with van der Waals surface area (Å²) in [6.07, 6.45) is 4.92. The molecule has 1 saturated heterocycles. The van der Waals surface area contributed by atoms with Gasteiger partial charge in [-0.15, -0.1) is 11.3 Å². The molecule has 1 amide bonds. The number of thiazole rings is 1. The molecule has 1 fully saturated rings. The van der Waals surface area contributed by atoms with Crippen LogP contribution in [0.3, 0.4) is 0 Å². The summed E-state index contributed by atoms with van der Waals surface area (Å²) in [5, 5.41) is 3.67. The van der Waals surface area contributed by atoms with Crippen LogP contribution in [0.5, 0.6) is 11.5 Å². The molecule has 7 heteroatoms. The van der Waals surface area contributed by atoms with Gasteiger partial charge < -0.3 is 15.0 Å². The fraction of sp³-hybridized carbons (Fsp3) is 0.240. The van der Waals surface area contributed by atoms with Crippen LogP contribution in [0.4, 0.5) is 5.69 Å². The smallest absolute Gasteiger partial charge is 0.269 e. The van der Waals surface area contributed by atoms with Crippen LogP contribution in [0.1, 0.15) is 33.9 Å². The molecule has 1 N–H and O–H groups in total. The molecule has 0 saturated carbocycles. The third kappa shape index (κ3) is 4.29. The maximum Gasteiger partial charge on any atom is 0.269 e. The number of rotatable bonds is 6. The molecule has 1 aliphatic heterocycles. The molecule has 0 spiro atoms. The molecule has 162 valence electrons. The van der Waals surface area contributed by atoms with Crippen LogP contribution in [0.2, 0.25) is 0 Å². The second kappa shape index (κ2) is 8.96. The van der Waals surface area contributed by atoms with Crippen LogP contribution >= 0.6 is 11.3 Å². The zero-order valence-electron chi connectivity index (χ0n) is 17.9. The van der Waals surface area contributed by atoms with E-state index in [1.165, 1.54) is 24.1 Å². The van der Waals surface area contributed by atoms with Crippen molar-refractivity contribution in [3.8, 4) is 11.5 Å². The molecular formula is C25H24N4O2S. The molecule has 3 heterocycles. The molecule has 0 unspecified atom stereocenters. The number of anilines is 1. The fourth-order valence-corrected chi connectivity index (χ4v) is 5.06. The zero-order chi connectivity index (χ0) is 21.9. The molecule has 0 aliphatic carbocycles. The normalized spacial score (nSPS) is 13.5. The second-order valence-corrected chi connectivity index (χ2v) is 8.91. The van der Waals surface area contributed by atoms with Gasteiger partial charge in [-0.05, 0) is 42.7 Å². The number of hydrogen-bond donors (Lipinski definition) is 1. The van der Waals surface area contributed by atoms with Gasteiger partial charge in [-0.25, -0.2) is 4.98 Å². The molecule has 2 aromatic carbocycles. The number of carbonyl (C=O) groups is 1. The molecule has 32 heavy (non-hydrogen) atoms. The molecule has 6 nitrogen and oxygen atoms in total. The zero-order valence-corrected chi connectivity index (χ0v) is 18.7. The van der Waals surface area contributed by atoms with Gasteiger partial charge in [0.25, 0.3) is 5.91 Å². The highest BCUT2D eigenvalue weighted by molar-refractivity contribution is 7.18. The van der Waals surface area contributed by atoms with Crippen LogP contribution < -0.4 is 15.0 Å². The van der Waals surface area contributed by atoms with Crippen LogP contribution in [-0.2, 0) is 6.42 Å². The lowest BCUT2D eigenvalue weighted by Crippen LogP contribution is -2.19. The van der Waals surface area contributed by atoms with Gasteiger partial charge in [0, 0.05) is 50.6 Å². The predicted molar refractivity (Wildman–Crippen MR) is 128 cm³/mol. The van der Waals surface area contributed by atoms with Crippen molar-refractivity contribution in [2.24, 2.45) is 0 Å². The molecule has 1 aliphatic rings. The van der Waals surface area contributed by atoms with E-state index >= 15 is 0 Å². The van der Waals surface area contributed by atoms with Crippen molar-refractivity contribution < 1.29 is 9.53 Å². The van der Waals surface area contributed by atoms with Gasteiger partial charge in [0.05, 0.1) is 15.2 Å². The lowest BCUT2D eigenvalue weighted by atomic mass is 10.1. The van der Waals surface area contributed by atoms with E-state index in [1.807, 2.05) is 18.2 Å². The Bertz CT molecular complexity index is 1260. The molecule has 4 aromatic rings. The summed E-state index contributed by atoms with van der Waals surface area (Å²) >= 11 is 1.69. The predicted octanol–water partition coefficient (Wildman–Crippen LogP) is 5.03. The van der Waals surface area contributed by atoms with E-state index in [1.54, 1.807) is 36.7 Å². The Morgan fingerprint density at radius 3 is 2.75 bits per heavy atom. The number of pyridine rings is 1. The van der Waals surface area contributed by atoms with E-state index in [4.69, 9.17) is 9.72 Å². The number of fused-ring (bicyclic) bond motifs is 1. The van der Waals surface area contributed by atoms with E-state index in [9.17, 15) is 4.79 Å². The summed E-state index contributed by atoms with van der Waals surface area (Å²) in [5.41, 5.74) is 3.95. The number of nitrogens with one attached hydrogen (secondary N) is 1. The fourth-order valence-electron chi connectivity index (χ4n) is 4.04. The number of amides is 1. The summed E-state index contributed by atoms with van der Waals surface area (Å²) in [6.45, 7) is 2.27. The Labute approximate surface area is 190 Å². The van der Waals surface area contributed by atoms with Crippen molar-refractivity contribution >= 4 is 33.1 Å². The summed E-state index contributed by atoms with van der Waals surface area (Å²) in [7, 11) is 1.58. The Morgan fingerprint density at radius 1 is 1.09 bits per heavy atom. The third-order valence-electron chi connectivity index (χ3n) is 5.61. The van der Waals surface area contributed by atoms with Crippen molar-refractivity contribution in [2.45, 2.75) is 19.3 Å². The average molecular weight is 445 g/mol. The third-order valence-corrected chi connectivity index (χ3v) is 6.63. The summed E-state index contributed by atoms with van der Waals surface area (Å²) < 4.78 is 7.07. The van der Waals surface area contributed by atoms with Crippen LogP contribution in [0.25, 0.3) is 10.2 Å². The minimum atomic E-state index is -0.243. The lowest BCUT2D eigenvalue weighted by molar-refractivity contribution is 0.0958. The number of para-hydroxylation sites is 1. The van der Waals surface area contributed by atoms with Gasteiger partial charge in [-0.3, -0.25) is 9.78 Å². The Balaban J connectivity index is 1.37. The molecule has 0 bridgehead atoms. The van der Waals surface area contributed by atoms with Crippen molar-refractivity contribution in [3.05, 3.63) is 77.1 Å².